The highest BCUT2D eigenvalue weighted by atomic mass is 32.1. The molecule has 0 atom stereocenters. The number of phenolic OH excluding ortho intramolecular Hbond substituents is 1. The molecule has 0 aliphatic carbocycles. The van der Waals surface area contributed by atoms with Gasteiger partial charge < -0.3 is 15.5 Å². The average molecular weight is 293 g/mol. The summed E-state index contributed by atoms with van der Waals surface area (Å²) in [6, 6.07) is 3.06. The number of hydrogen-bond acceptors (Lipinski definition) is 5. The number of phenols is 1. The third kappa shape index (κ3) is 3.23. The molecule has 20 heavy (non-hydrogen) atoms. The van der Waals surface area contributed by atoms with Crippen molar-refractivity contribution < 1.29 is 19.8 Å². The summed E-state index contributed by atoms with van der Waals surface area (Å²) in [5, 5.41) is 23.6. The molecular formula is C12H11N3O4S. The SMILES string of the molecule is Cc1cnc(NC(=O)Nc2ccc(O)cc2C(=O)O)s1. The van der Waals surface area contributed by atoms with Gasteiger partial charge in [0.2, 0.25) is 0 Å². The van der Waals surface area contributed by atoms with Gasteiger partial charge in [-0.1, -0.05) is 0 Å². The number of carboxylic acid groups (broad SMARTS) is 1. The van der Waals surface area contributed by atoms with Crippen LogP contribution in [0.2, 0.25) is 0 Å². The lowest BCUT2D eigenvalue weighted by Gasteiger charge is -2.08. The first-order chi connectivity index (χ1) is 9.45. The van der Waals surface area contributed by atoms with Crippen LogP contribution >= 0.6 is 11.3 Å². The van der Waals surface area contributed by atoms with Crippen LogP contribution in [0.1, 0.15) is 15.2 Å². The molecule has 0 aliphatic heterocycles. The molecule has 1 aromatic carbocycles. The largest absolute Gasteiger partial charge is 0.508 e. The first kappa shape index (κ1) is 13.8. The highest BCUT2D eigenvalue weighted by Crippen LogP contribution is 2.22. The monoisotopic (exact) mass is 293 g/mol. The molecule has 0 bridgehead atoms. The average Bonchev–Trinajstić information content (AvgIpc) is 2.76. The van der Waals surface area contributed by atoms with E-state index in [1.54, 1.807) is 6.20 Å². The number of nitrogens with zero attached hydrogens (tertiary/aromatic N) is 1. The van der Waals surface area contributed by atoms with Crippen LogP contribution in [0, 0.1) is 6.92 Å². The van der Waals surface area contributed by atoms with Gasteiger partial charge in [-0.3, -0.25) is 5.32 Å². The summed E-state index contributed by atoms with van der Waals surface area (Å²) in [7, 11) is 0. The predicted octanol–water partition coefficient (Wildman–Crippen LogP) is 2.50. The lowest BCUT2D eigenvalue weighted by atomic mass is 10.1. The molecular weight excluding hydrogens is 282 g/mol. The maximum Gasteiger partial charge on any atom is 0.337 e. The van der Waals surface area contributed by atoms with Gasteiger partial charge in [-0.05, 0) is 25.1 Å². The van der Waals surface area contributed by atoms with Gasteiger partial charge in [-0.25, -0.2) is 14.6 Å². The second kappa shape index (κ2) is 5.57. The summed E-state index contributed by atoms with van der Waals surface area (Å²) in [6.07, 6.45) is 1.61. The minimum atomic E-state index is -1.25. The molecule has 8 heteroatoms. The molecule has 104 valence electrons. The first-order valence-electron chi connectivity index (χ1n) is 5.52. The second-order valence-corrected chi connectivity index (χ2v) is 5.13. The van der Waals surface area contributed by atoms with E-state index in [4.69, 9.17) is 5.11 Å². The van der Waals surface area contributed by atoms with Crippen molar-refractivity contribution in [2.75, 3.05) is 10.6 Å². The van der Waals surface area contributed by atoms with Crippen molar-refractivity contribution in [3.63, 3.8) is 0 Å². The fourth-order valence-corrected chi connectivity index (χ4v) is 2.14. The van der Waals surface area contributed by atoms with E-state index in [-0.39, 0.29) is 17.0 Å². The minimum absolute atomic E-state index is 0.0843. The number of amides is 2. The Balaban J connectivity index is 2.13. The molecule has 0 saturated carbocycles. The van der Waals surface area contributed by atoms with E-state index >= 15 is 0 Å². The molecule has 0 radical (unpaired) electrons. The van der Waals surface area contributed by atoms with Crippen LogP contribution in [0.4, 0.5) is 15.6 Å². The van der Waals surface area contributed by atoms with Crippen molar-refractivity contribution in [3.8, 4) is 5.75 Å². The number of urea groups is 1. The van der Waals surface area contributed by atoms with Crippen molar-refractivity contribution in [2.24, 2.45) is 0 Å². The van der Waals surface area contributed by atoms with Gasteiger partial charge in [0.15, 0.2) is 5.13 Å². The summed E-state index contributed by atoms with van der Waals surface area (Å²) in [4.78, 5) is 27.7. The number of aryl methyl sites for hydroxylation is 1. The van der Waals surface area contributed by atoms with Crippen molar-refractivity contribution in [1.29, 1.82) is 0 Å². The van der Waals surface area contributed by atoms with Crippen LogP contribution in [-0.4, -0.2) is 27.2 Å². The van der Waals surface area contributed by atoms with Gasteiger partial charge in [0.1, 0.15) is 5.75 Å². The third-order valence-corrected chi connectivity index (χ3v) is 3.15. The number of aromatic nitrogens is 1. The number of benzene rings is 1. The van der Waals surface area contributed by atoms with Crippen LogP contribution in [0.5, 0.6) is 5.75 Å². The molecule has 1 aromatic heterocycles. The molecule has 0 unspecified atom stereocenters. The van der Waals surface area contributed by atoms with Crippen LogP contribution in [0.3, 0.4) is 0 Å². The van der Waals surface area contributed by atoms with Gasteiger partial charge in [-0.2, -0.15) is 0 Å². The van der Waals surface area contributed by atoms with Gasteiger partial charge in [0, 0.05) is 11.1 Å². The number of carboxylic acids is 1. The molecule has 0 aliphatic rings. The highest BCUT2D eigenvalue weighted by Gasteiger charge is 2.14. The standard InChI is InChI=1S/C12H11N3O4S/c1-6-5-13-12(20-6)15-11(19)14-9-3-2-7(16)4-8(9)10(17)18/h2-5,16H,1H3,(H,17,18)(H2,13,14,15,19). The number of aromatic carboxylic acids is 1. The Kier molecular flexibility index (Phi) is 3.85. The number of carbonyl (C=O) groups is 2. The fraction of sp³-hybridized carbons (Fsp3) is 0.0833. The molecule has 0 fully saturated rings. The van der Waals surface area contributed by atoms with E-state index < -0.39 is 12.0 Å². The first-order valence-corrected chi connectivity index (χ1v) is 6.34. The van der Waals surface area contributed by atoms with Crippen LogP contribution in [-0.2, 0) is 0 Å². The van der Waals surface area contributed by atoms with E-state index in [2.05, 4.69) is 15.6 Å². The fourth-order valence-electron chi connectivity index (χ4n) is 1.48. The number of nitrogens with one attached hydrogen (secondary N) is 2. The normalized spacial score (nSPS) is 10.1. The van der Waals surface area contributed by atoms with Gasteiger partial charge in [0.05, 0.1) is 11.3 Å². The Labute approximate surface area is 117 Å². The predicted molar refractivity (Wildman–Crippen MR) is 74.6 cm³/mol. The molecule has 7 nitrogen and oxygen atoms in total. The van der Waals surface area contributed by atoms with Crippen LogP contribution in [0.15, 0.2) is 24.4 Å². The smallest absolute Gasteiger partial charge is 0.337 e. The van der Waals surface area contributed by atoms with Crippen molar-refractivity contribution in [3.05, 3.63) is 34.8 Å². The molecule has 2 amide bonds. The molecule has 1 heterocycles. The number of thiazole rings is 1. The Morgan fingerprint density at radius 2 is 2.05 bits per heavy atom. The van der Waals surface area contributed by atoms with Gasteiger partial charge in [-0.15, -0.1) is 11.3 Å². The number of rotatable bonds is 3. The number of aromatic hydroxyl groups is 1. The molecule has 2 aromatic rings. The zero-order chi connectivity index (χ0) is 14.7. The maximum atomic E-state index is 11.7. The van der Waals surface area contributed by atoms with Crippen LogP contribution in [0.25, 0.3) is 0 Å². The Bertz CT molecular complexity index is 668. The second-order valence-electron chi connectivity index (χ2n) is 3.89. The molecule has 4 N–H and O–H groups in total. The van der Waals surface area contributed by atoms with Gasteiger partial charge >= 0.3 is 12.0 Å². The number of carbonyl (C=O) groups excluding carboxylic acids is 1. The number of hydrogen-bond donors (Lipinski definition) is 4. The van der Waals surface area contributed by atoms with Gasteiger partial charge in [0.25, 0.3) is 0 Å². The summed E-state index contributed by atoms with van der Waals surface area (Å²) in [6.45, 7) is 1.85. The Morgan fingerprint density at radius 3 is 2.65 bits per heavy atom. The minimum Gasteiger partial charge on any atom is -0.508 e. The topological polar surface area (TPSA) is 112 Å². The van der Waals surface area contributed by atoms with E-state index in [0.717, 1.165) is 10.9 Å². The van der Waals surface area contributed by atoms with E-state index in [0.29, 0.717) is 5.13 Å². The highest BCUT2D eigenvalue weighted by molar-refractivity contribution is 7.15. The zero-order valence-corrected chi connectivity index (χ0v) is 11.2. The van der Waals surface area contributed by atoms with Crippen molar-refractivity contribution in [2.45, 2.75) is 6.92 Å². The van der Waals surface area contributed by atoms with E-state index in [9.17, 15) is 14.7 Å². The molecule has 2 rings (SSSR count). The molecule has 0 saturated heterocycles. The summed E-state index contributed by atoms with van der Waals surface area (Å²) in [5.74, 6) is -1.44. The van der Waals surface area contributed by atoms with E-state index in [1.807, 2.05) is 6.92 Å². The number of anilines is 2. The Hall–Kier alpha value is -2.61. The lowest BCUT2D eigenvalue weighted by molar-refractivity contribution is 0.0697. The molecule has 0 spiro atoms. The lowest BCUT2D eigenvalue weighted by Crippen LogP contribution is -2.20. The summed E-state index contributed by atoms with van der Waals surface area (Å²) < 4.78 is 0. The van der Waals surface area contributed by atoms with E-state index in [1.165, 1.54) is 23.5 Å². The quantitative estimate of drug-likeness (QED) is 0.650. The maximum absolute atomic E-state index is 11.7. The van der Waals surface area contributed by atoms with Crippen molar-refractivity contribution in [1.82, 2.24) is 4.98 Å². The van der Waals surface area contributed by atoms with Crippen LogP contribution < -0.4 is 10.6 Å². The summed E-state index contributed by atoms with van der Waals surface area (Å²) in [5.41, 5.74) is -0.114. The third-order valence-electron chi connectivity index (χ3n) is 2.32. The zero-order valence-electron chi connectivity index (χ0n) is 10.4. The van der Waals surface area contributed by atoms with Crippen molar-refractivity contribution >= 4 is 34.2 Å². The Morgan fingerprint density at radius 1 is 1.30 bits per heavy atom. The summed E-state index contributed by atoms with van der Waals surface area (Å²) >= 11 is 1.30.